The van der Waals surface area contributed by atoms with E-state index in [0.717, 1.165) is 33.4 Å². The molecule has 30 heavy (non-hydrogen) atoms. The number of benzene rings is 4. The Bertz CT molecular complexity index is 1550. The number of nitrogens with zero attached hydrogens (tertiary/aromatic N) is 3. The molecule has 0 amide bonds. The summed E-state index contributed by atoms with van der Waals surface area (Å²) in [5.74, 6) is 0. The maximum atomic E-state index is 6.24. The van der Waals surface area contributed by atoms with Crippen LogP contribution in [-0.2, 0) is 0 Å². The molecule has 0 atom stereocenters. The number of hydrogen-bond donors (Lipinski definition) is 0. The molecule has 0 radical (unpaired) electrons. The molecule has 142 valence electrons. The highest BCUT2D eigenvalue weighted by molar-refractivity contribution is 6.29. The van der Waals surface area contributed by atoms with Gasteiger partial charge >= 0.3 is 0 Å². The van der Waals surface area contributed by atoms with Crippen LogP contribution in [0.2, 0.25) is 5.28 Å². The fraction of sp³-hybridized carbons (Fsp3) is 0. The van der Waals surface area contributed by atoms with E-state index >= 15 is 0 Å². The molecule has 6 rings (SSSR count). The van der Waals surface area contributed by atoms with Crippen LogP contribution in [0.4, 0.5) is 0 Å². The number of rotatable bonds is 2. The molecule has 0 bridgehead atoms. The van der Waals surface area contributed by atoms with E-state index in [0.29, 0.717) is 0 Å². The molecule has 0 spiro atoms. The average molecular weight is 406 g/mol. The molecule has 0 saturated carbocycles. The lowest BCUT2D eigenvalue weighted by Gasteiger charge is -2.09. The highest BCUT2D eigenvalue weighted by Crippen LogP contribution is 2.36. The Morgan fingerprint density at radius 3 is 2.17 bits per heavy atom. The molecule has 0 fully saturated rings. The molecule has 0 saturated heterocycles. The first-order valence-corrected chi connectivity index (χ1v) is 10.2. The van der Waals surface area contributed by atoms with E-state index in [1.807, 2.05) is 30.3 Å². The van der Waals surface area contributed by atoms with E-state index in [2.05, 4.69) is 81.3 Å². The van der Waals surface area contributed by atoms with Gasteiger partial charge in [0.05, 0.1) is 22.2 Å². The van der Waals surface area contributed by atoms with Crippen molar-refractivity contribution in [3.63, 3.8) is 0 Å². The topological polar surface area (TPSA) is 30.7 Å². The Labute approximate surface area is 178 Å². The van der Waals surface area contributed by atoms with Crippen LogP contribution in [0.3, 0.4) is 0 Å². The van der Waals surface area contributed by atoms with Crippen molar-refractivity contribution in [3.05, 3.63) is 102 Å². The van der Waals surface area contributed by atoms with Gasteiger partial charge in [-0.2, -0.15) is 0 Å². The van der Waals surface area contributed by atoms with Gasteiger partial charge in [-0.15, -0.1) is 0 Å². The molecule has 0 N–H and O–H groups in total. The van der Waals surface area contributed by atoms with Crippen molar-refractivity contribution in [2.75, 3.05) is 0 Å². The second-order valence-electron chi connectivity index (χ2n) is 7.28. The summed E-state index contributed by atoms with van der Waals surface area (Å²) < 4.78 is 2.31. The van der Waals surface area contributed by atoms with Gasteiger partial charge in [-0.25, -0.2) is 9.97 Å². The van der Waals surface area contributed by atoms with Gasteiger partial charge in [0, 0.05) is 27.4 Å². The van der Waals surface area contributed by atoms with Crippen molar-refractivity contribution < 1.29 is 0 Å². The summed E-state index contributed by atoms with van der Waals surface area (Å²) in [6.07, 6.45) is 0. The number of para-hydroxylation sites is 3. The van der Waals surface area contributed by atoms with E-state index < -0.39 is 0 Å². The van der Waals surface area contributed by atoms with Crippen molar-refractivity contribution in [2.24, 2.45) is 0 Å². The molecule has 0 aliphatic carbocycles. The molecular weight excluding hydrogens is 390 g/mol. The normalized spacial score (nSPS) is 11.5. The van der Waals surface area contributed by atoms with Gasteiger partial charge in [0.25, 0.3) is 0 Å². The van der Waals surface area contributed by atoms with E-state index in [-0.39, 0.29) is 5.28 Å². The fourth-order valence-corrected chi connectivity index (χ4v) is 4.42. The van der Waals surface area contributed by atoms with Gasteiger partial charge < -0.3 is 4.57 Å². The van der Waals surface area contributed by atoms with Crippen LogP contribution in [0.25, 0.3) is 49.7 Å². The van der Waals surface area contributed by atoms with Gasteiger partial charge in [0.2, 0.25) is 5.28 Å². The molecule has 4 heteroatoms. The zero-order valence-electron chi connectivity index (χ0n) is 16.0. The number of halogens is 1. The summed E-state index contributed by atoms with van der Waals surface area (Å²) in [6.45, 7) is 0. The van der Waals surface area contributed by atoms with Gasteiger partial charge in [-0.05, 0) is 48.0 Å². The third-order valence-corrected chi connectivity index (χ3v) is 5.71. The lowest BCUT2D eigenvalue weighted by molar-refractivity contribution is 1.18. The van der Waals surface area contributed by atoms with E-state index in [1.165, 1.54) is 16.3 Å². The zero-order chi connectivity index (χ0) is 20.1. The minimum absolute atomic E-state index is 0.260. The average Bonchev–Trinajstić information content (AvgIpc) is 3.13. The number of aromatic nitrogens is 3. The van der Waals surface area contributed by atoms with Crippen LogP contribution in [0, 0.1) is 0 Å². The summed E-state index contributed by atoms with van der Waals surface area (Å²) in [5, 5.41) is 3.65. The Morgan fingerprint density at radius 2 is 1.30 bits per heavy atom. The summed E-state index contributed by atoms with van der Waals surface area (Å²) in [6, 6.07) is 33.4. The molecule has 0 aliphatic heterocycles. The van der Waals surface area contributed by atoms with Crippen LogP contribution in [0.1, 0.15) is 0 Å². The molecule has 0 aliphatic rings. The first kappa shape index (κ1) is 17.2. The van der Waals surface area contributed by atoms with Crippen molar-refractivity contribution in [1.29, 1.82) is 0 Å². The van der Waals surface area contributed by atoms with Gasteiger partial charge in [-0.1, -0.05) is 60.7 Å². The van der Waals surface area contributed by atoms with Crippen LogP contribution >= 0.6 is 11.6 Å². The summed E-state index contributed by atoms with van der Waals surface area (Å²) in [4.78, 5) is 8.94. The van der Waals surface area contributed by atoms with Crippen LogP contribution in [0.15, 0.2) is 97.1 Å². The van der Waals surface area contributed by atoms with Crippen LogP contribution in [-0.4, -0.2) is 14.5 Å². The predicted octanol–water partition coefficient (Wildman–Crippen LogP) is 7.05. The first-order chi connectivity index (χ1) is 14.8. The van der Waals surface area contributed by atoms with E-state index in [4.69, 9.17) is 11.6 Å². The molecule has 6 aromatic rings. The van der Waals surface area contributed by atoms with Crippen molar-refractivity contribution >= 4 is 44.3 Å². The zero-order valence-corrected chi connectivity index (χ0v) is 16.7. The van der Waals surface area contributed by atoms with E-state index in [9.17, 15) is 0 Å². The Morgan fingerprint density at radius 1 is 0.600 bits per heavy atom. The summed E-state index contributed by atoms with van der Waals surface area (Å²) >= 11 is 6.24. The highest BCUT2D eigenvalue weighted by Gasteiger charge is 2.15. The highest BCUT2D eigenvalue weighted by atomic mass is 35.5. The lowest BCUT2D eigenvalue weighted by Crippen LogP contribution is -1.93. The van der Waals surface area contributed by atoms with Gasteiger partial charge in [0.1, 0.15) is 0 Å². The second kappa shape index (κ2) is 6.68. The Hall–Kier alpha value is -3.69. The van der Waals surface area contributed by atoms with Crippen molar-refractivity contribution in [1.82, 2.24) is 14.5 Å². The molecule has 0 unspecified atom stereocenters. The van der Waals surface area contributed by atoms with Crippen molar-refractivity contribution in [2.45, 2.75) is 0 Å². The standard InChI is InChI=1S/C26H16ClN3/c27-26-28-22-12-6-4-11-20(22)25(29-26)17-14-15-24-21(16-17)19-10-5-7-13-23(19)30(24)18-8-2-1-3-9-18/h1-16H. The SMILES string of the molecule is Clc1nc(-c2ccc3c(c2)c2ccccc2n3-c2ccccc2)c2ccccc2n1. The van der Waals surface area contributed by atoms with Crippen LogP contribution in [0.5, 0.6) is 0 Å². The smallest absolute Gasteiger partial charge is 0.223 e. The Kier molecular flexibility index (Phi) is 3.83. The van der Waals surface area contributed by atoms with Gasteiger partial charge in [-0.3, -0.25) is 0 Å². The van der Waals surface area contributed by atoms with Gasteiger partial charge in [0.15, 0.2) is 0 Å². The lowest BCUT2D eigenvalue weighted by atomic mass is 10.0. The largest absolute Gasteiger partial charge is 0.309 e. The van der Waals surface area contributed by atoms with E-state index in [1.54, 1.807) is 0 Å². The molecule has 4 aromatic carbocycles. The third-order valence-electron chi connectivity index (χ3n) is 5.54. The maximum Gasteiger partial charge on any atom is 0.223 e. The molecular formula is C26H16ClN3. The van der Waals surface area contributed by atoms with Crippen LogP contribution < -0.4 is 0 Å². The number of fused-ring (bicyclic) bond motifs is 4. The fourth-order valence-electron chi connectivity index (χ4n) is 4.24. The predicted molar refractivity (Wildman–Crippen MR) is 124 cm³/mol. The van der Waals surface area contributed by atoms with Crippen molar-refractivity contribution in [3.8, 4) is 16.9 Å². The minimum atomic E-state index is 0.260. The monoisotopic (exact) mass is 405 g/mol. The third kappa shape index (κ3) is 2.60. The molecule has 2 heterocycles. The second-order valence-corrected chi connectivity index (χ2v) is 7.62. The minimum Gasteiger partial charge on any atom is -0.309 e. The number of hydrogen-bond acceptors (Lipinski definition) is 2. The Balaban J connectivity index is 1.69. The summed E-state index contributed by atoms with van der Waals surface area (Å²) in [5.41, 5.74) is 6.21. The maximum absolute atomic E-state index is 6.24. The summed E-state index contributed by atoms with van der Waals surface area (Å²) in [7, 11) is 0. The quantitative estimate of drug-likeness (QED) is 0.289. The first-order valence-electron chi connectivity index (χ1n) is 9.81. The molecule has 3 nitrogen and oxygen atoms in total. The molecule has 2 aromatic heterocycles.